The van der Waals surface area contributed by atoms with E-state index < -0.39 is 0 Å². The molecule has 4 nitrogen and oxygen atoms in total. The van der Waals surface area contributed by atoms with Crippen molar-refractivity contribution in [2.24, 2.45) is 0 Å². The fourth-order valence-electron chi connectivity index (χ4n) is 5.00. The van der Waals surface area contributed by atoms with Gasteiger partial charge in [-0.05, 0) is 79.9 Å². The van der Waals surface area contributed by atoms with Gasteiger partial charge in [0, 0.05) is 28.8 Å². The van der Waals surface area contributed by atoms with Gasteiger partial charge in [0.2, 0.25) is 0 Å². The van der Waals surface area contributed by atoms with E-state index in [1.807, 2.05) is 12.4 Å². The standard InChI is InChI=1S/C27H26N4/c1-30-13-5-8-22(30)14-21-17-28-25-11-10-23(16-24(21)25)31-18-29-26-15-20(9-12-27(26)31)19-6-3-2-4-7-19/h2-4,6-7,9-12,15-18,22,28H,5,8,13-14H2,1H3. The van der Waals surface area contributed by atoms with Crippen LogP contribution in [-0.4, -0.2) is 39.1 Å². The zero-order valence-corrected chi connectivity index (χ0v) is 17.8. The van der Waals surface area contributed by atoms with E-state index in [0.717, 1.165) is 23.1 Å². The molecule has 5 aromatic rings. The molecule has 1 aliphatic rings. The second-order valence-electron chi connectivity index (χ2n) is 8.71. The molecule has 4 heteroatoms. The van der Waals surface area contributed by atoms with E-state index in [-0.39, 0.29) is 0 Å². The van der Waals surface area contributed by atoms with Crippen LogP contribution < -0.4 is 0 Å². The summed E-state index contributed by atoms with van der Waals surface area (Å²) in [5, 5.41) is 1.32. The van der Waals surface area contributed by atoms with Gasteiger partial charge in [-0.1, -0.05) is 36.4 Å². The molecule has 6 rings (SSSR count). The molecular formula is C27H26N4. The predicted octanol–water partition coefficient (Wildman–Crippen LogP) is 5.81. The van der Waals surface area contributed by atoms with Crippen molar-refractivity contribution in [2.45, 2.75) is 25.3 Å². The first-order chi connectivity index (χ1) is 15.3. The molecule has 1 aliphatic heterocycles. The summed E-state index contributed by atoms with van der Waals surface area (Å²) < 4.78 is 2.20. The highest BCUT2D eigenvalue weighted by Crippen LogP contribution is 2.29. The summed E-state index contributed by atoms with van der Waals surface area (Å²) in [5.74, 6) is 0. The molecule has 1 N–H and O–H groups in total. The average molecular weight is 407 g/mol. The van der Waals surface area contributed by atoms with Gasteiger partial charge in [0.25, 0.3) is 0 Å². The van der Waals surface area contributed by atoms with Crippen LogP contribution >= 0.6 is 0 Å². The predicted molar refractivity (Wildman–Crippen MR) is 128 cm³/mol. The number of nitrogens with one attached hydrogen (secondary N) is 1. The quantitative estimate of drug-likeness (QED) is 0.409. The lowest BCUT2D eigenvalue weighted by molar-refractivity contribution is 0.310. The number of aromatic amines is 1. The highest BCUT2D eigenvalue weighted by Gasteiger charge is 2.22. The Kier molecular flexibility index (Phi) is 4.39. The van der Waals surface area contributed by atoms with Crippen molar-refractivity contribution in [2.75, 3.05) is 13.6 Å². The summed E-state index contributed by atoms with van der Waals surface area (Å²) in [6.07, 6.45) is 7.83. The third kappa shape index (κ3) is 3.24. The van der Waals surface area contributed by atoms with Crippen LogP contribution in [0.3, 0.4) is 0 Å². The van der Waals surface area contributed by atoms with Gasteiger partial charge in [0.15, 0.2) is 0 Å². The summed E-state index contributed by atoms with van der Waals surface area (Å²) in [5.41, 5.74) is 8.33. The molecule has 1 atom stereocenters. The summed E-state index contributed by atoms with van der Waals surface area (Å²) in [6, 6.07) is 24.3. The van der Waals surface area contributed by atoms with Crippen LogP contribution in [0.1, 0.15) is 18.4 Å². The zero-order chi connectivity index (χ0) is 20.8. The number of benzene rings is 3. The normalized spacial score (nSPS) is 17.1. The Morgan fingerprint density at radius 2 is 1.90 bits per heavy atom. The van der Waals surface area contributed by atoms with Crippen molar-refractivity contribution in [1.82, 2.24) is 19.4 Å². The number of rotatable bonds is 4. The van der Waals surface area contributed by atoms with Crippen LogP contribution in [0.5, 0.6) is 0 Å². The maximum Gasteiger partial charge on any atom is 0.100 e. The third-order valence-electron chi connectivity index (χ3n) is 6.81. The Balaban J connectivity index is 1.38. The van der Waals surface area contributed by atoms with Crippen LogP contribution in [0.15, 0.2) is 79.3 Å². The maximum absolute atomic E-state index is 4.71. The molecule has 3 heterocycles. The molecule has 0 saturated carbocycles. The van der Waals surface area contributed by atoms with E-state index in [1.54, 1.807) is 0 Å². The molecule has 1 fully saturated rings. The molecule has 2 aromatic heterocycles. The summed E-state index contributed by atoms with van der Waals surface area (Å²) in [6.45, 7) is 1.21. The smallest absolute Gasteiger partial charge is 0.100 e. The summed E-state index contributed by atoms with van der Waals surface area (Å²) in [4.78, 5) is 10.7. The Bertz CT molecular complexity index is 1360. The third-order valence-corrected chi connectivity index (χ3v) is 6.81. The molecule has 0 spiro atoms. The van der Waals surface area contributed by atoms with Crippen molar-refractivity contribution in [3.05, 3.63) is 84.8 Å². The number of hydrogen-bond acceptors (Lipinski definition) is 2. The van der Waals surface area contributed by atoms with Crippen molar-refractivity contribution < 1.29 is 0 Å². The van der Waals surface area contributed by atoms with E-state index in [0.29, 0.717) is 6.04 Å². The van der Waals surface area contributed by atoms with Gasteiger partial charge < -0.3 is 9.88 Å². The summed E-state index contributed by atoms with van der Waals surface area (Å²) in [7, 11) is 2.25. The van der Waals surface area contributed by atoms with Crippen molar-refractivity contribution in [1.29, 1.82) is 0 Å². The van der Waals surface area contributed by atoms with Crippen LogP contribution in [0.25, 0.3) is 38.8 Å². The highest BCUT2D eigenvalue weighted by atomic mass is 15.1. The minimum absolute atomic E-state index is 0.646. The van der Waals surface area contributed by atoms with Gasteiger partial charge in [-0.2, -0.15) is 0 Å². The molecule has 1 unspecified atom stereocenters. The highest BCUT2D eigenvalue weighted by molar-refractivity contribution is 5.87. The minimum atomic E-state index is 0.646. The lowest BCUT2D eigenvalue weighted by Gasteiger charge is -2.18. The van der Waals surface area contributed by atoms with Crippen molar-refractivity contribution in [3.8, 4) is 16.8 Å². The first-order valence-corrected chi connectivity index (χ1v) is 11.1. The van der Waals surface area contributed by atoms with Gasteiger partial charge in [-0.3, -0.25) is 4.57 Å². The summed E-state index contributed by atoms with van der Waals surface area (Å²) >= 11 is 0. The van der Waals surface area contributed by atoms with E-state index in [1.165, 1.54) is 47.0 Å². The van der Waals surface area contributed by atoms with Crippen LogP contribution in [0.2, 0.25) is 0 Å². The molecule has 0 radical (unpaired) electrons. The second kappa shape index (κ2) is 7.40. The number of nitrogens with zero attached hydrogens (tertiary/aromatic N) is 3. The Labute approximate surface area is 182 Å². The number of likely N-dealkylation sites (N-methyl/N-ethyl adjacent to an activating group) is 1. The van der Waals surface area contributed by atoms with Crippen molar-refractivity contribution >= 4 is 21.9 Å². The van der Waals surface area contributed by atoms with E-state index in [9.17, 15) is 0 Å². The lowest BCUT2D eigenvalue weighted by Crippen LogP contribution is -2.26. The number of fused-ring (bicyclic) bond motifs is 2. The fourth-order valence-corrected chi connectivity index (χ4v) is 5.00. The number of imidazole rings is 1. The SMILES string of the molecule is CN1CCCC1Cc1c[nH]c2ccc(-n3cnc4cc(-c5ccccc5)ccc43)cc12. The average Bonchev–Trinajstić information content (AvgIpc) is 3.53. The first kappa shape index (κ1) is 18.4. The maximum atomic E-state index is 4.71. The first-order valence-electron chi connectivity index (χ1n) is 11.1. The molecule has 0 amide bonds. The van der Waals surface area contributed by atoms with Crippen molar-refractivity contribution in [3.63, 3.8) is 0 Å². The van der Waals surface area contributed by atoms with Gasteiger partial charge in [-0.15, -0.1) is 0 Å². The molecule has 0 bridgehead atoms. The minimum Gasteiger partial charge on any atom is -0.361 e. The van der Waals surface area contributed by atoms with Gasteiger partial charge in [0.1, 0.15) is 6.33 Å². The molecule has 0 aliphatic carbocycles. The topological polar surface area (TPSA) is 36.9 Å². The van der Waals surface area contributed by atoms with E-state index in [4.69, 9.17) is 4.98 Å². The van der Waals surface area contributed by atoms with Crippen LogP contribution in [0.4, 0.5) is 0 Å². The number of H-pyrrole nitrogens is 1. The monoisotopic (exact) mass is 406 g/mol. The van der Waals surface area contributed by atoms with Gasteiger partial charge in [-0.25, -0.2) is 4.98 Å². The zero-order valence-electron chi connectivity index (χ0n) is 17.8. The molecular weight excluding hydrogens is 380 g/mol. The molecule has 31 heavy (non-hydrogen) atoms. The molecule has 154 valence electrons. The molecule has 1 saturated heterocycles. The number of hydrogen-bond donors (Lipinski definition) is 1. The Morgan fingerprint density at radius 1 is 1.00 bits per heavy atom. The van der Waals surface area contributed by atoms with Crippen LogP contribution in [-0.2, 0) is 6.42 Å². The lowest BCUT2D eigenvalue weighted by atomic mass is 10.0. The van der Waals surface area contributed by atoms with E-state index >= 15 is 0 Å². The molecule has 3 aromatic carbocycles. The second-order valence-corrected chi connectivity index (χ2v) is 8.71. The Morgan fingerprint density at radius 3 is 2.74 bits per heavy atom. The van der Waals surface area contributed by atoms with Gasteiger partial charge in [0.05, 0.1) is 11.0 Å². The van der Waals surface area contributed by atoms with Gasteiger partial charge >= 0.3 is 0 Å². The number of likely N-dealkylation sites (tertiary alicyclic amines) is 1. The van der Waals surface area contributed by atoms with Crippen LogP contribution in [0, 0.1) is 0 Å². The Hall–Kier alpha value is -3.37. The van der Waals surface area contributed by atoms with E-state index in [2.05, 4.69) is 88.4 Å². The fraction of sp³-hybridized carbons (Fsp3) is 0.222. The number of aromatic nitrogens is 3. The largest absolute Gasteiger partial charge is 0.361 e.